The molecule has 0 atom stereocenters. The van der Waals surface area contributed by atoms with Crippen LogP contribution in [0.1, 0.15) is 28.1 Å². The molecular weight excluding hydrogens is 424 g/mol. The molecule has 8 heteroatoms. The minimum atomic E-state index is -1.46. The van der Waals surface area contributed by atoms with E-state index in [-0.39, 0.29) is 17.6 Å². The number of pyridine rings is 1. The van der Waals surface area contributed by atoms with Crippen molar-refractivity contribution in [1.29, 1.82) is 0 Å². The van der Waals surface area contributed by atoms with Gasteiger partial charge in [-0.25, -0.2) is 4.98 Å². The molecule has 0 saturated heterocycles. The van der Waals surface area contributed by atoms with Gasteiger partial charge in [-0.1, -0.05) is 36.8 Å². The van der Waals surface area contributed by atoms with Crippen LogP contribution in [-0.4, -0.2) is 33.2 Å². The fourth-order valence-corrected chi connectivity index (χ4v) is 7.11. The number of carbonyl (C=O) groups excluding carboxylic acids is 1. The summed E-state index contributed by atoms with van der Waals surface area (Å²) in [6.45, 7) is 6.84. The van der Waals surface area contributed by atoms with E-state index in [2.05, 4.69) is 35.5 Å². The highest BCUT2D eigenvalue weighted by atomic mass is 28.3. The molecule has 1 aromatic carbocycles. The van der Waals surface area contributed by atoms with E-state index in [0.29, 0.717) is 11.4 Å². The number of hydrogen-bond donors (Lipinski definition) is 1. The van der Waals surface area contributed by atoms with Crippen LogP contribution in [0.3, 0.4) is 0 Å². The van der Waals surface area contributed by atoms with Crippen LogP contribution in [0.5, 0.6) is 23.3 Å². The number of aryl methyl sites for hydroxylation is 2. The van der Waals surface area contributed by atoms with Crippen LogP contribution in [0.4, 0.5) is 5.69 Å². The molecule has 0 aliphatic carbocycles. The van der Waals surface area contributed by atoms with Gasteiger partial charge in [0, 0.05) is 18.3 Å². The van der Waals surface area contributed by atoms with Crippen molar-refractivity contribution in [2.24, 2.45) is 0 Å². The number of furan rings is 1. The molecule has 0 radical (unpaired) electrons. The molecule has 3 aromatic rings. The quantitative estimate of drug-likeness (QED) is 0.535. The van der Waals surface area contributed by atoms with E-state index in [1.54, 1.807) is 18.2 Å². The Hall–Kier alpha value is -3.26. The third kappa shape index (κ3) is 4.23. The number of ether oxygens (including phenoxy) is 3. The molecule has 7 nitrogen and oxygen atoms in total. The van der Waals surface area contributed by atoms with E-state index in [0.717, 1.165) is 17.7 Å². The standard InChI is InChI=1S/C24H28N2O5Si/c1-15-13-16-7-6-12-32(4,5)20(16)14-19(15)31-21-9-8-18(30-21)23(27)26-22-17(28-2)10-11-25-24(22)29-3/h8-11,13-14H,6-7,12H2,1-5H3,(H,26,27). The first-order chi connectivity index (χ1) is 15.3. The molecule has 0 fully saturated rings. The molecule has 0 saturated carbocycles. The van der Waals surface area contributed by atoms with Crippen LogP contribution in [-0.2, 0) is 6.42 Å². The smallest absolute Gasteiger partial charge is 0.291 e. The topological polar surface area (TPSA) is 82.8 Å². The molecule has 32 heavy (non-hydrogen) atoms. The SMILES string of the molecule is COc1ccnc(OC)c1NC(=O)c1ccc(Oc2cc3c(cc2C)CCC[Si]3(C)C)o1. The molecule has 2 aromatic heterocycles. The van der Waals surface area contributed by atoms with E-state index in [4.69, 9.17) is 18.6 Å². The zero-order valence-electron chi connectivity index (χ0n) is 19.1. The fourth-order valence-electron chi connectivity index (χ4n) is 4.20. The highest BCUT2D eigenvalue weighted by Crippen LogP contribution is 2.34. The Kier molecular flexibility index (Phi) is 5.97. The van der Waals surface area contributed by atoms with E-state index in [9.17, 15) is 4.79 Å². The second-order valence-electron chi connectivity index (χ2n) is 8.58. The number of nitrogens with zero attached hydrogens (tertiary/aromatic N) is 1. The van der Waals surface area contributed by atoms with Crippen molar-refractivity contribution in [2.45, 2.75) is 38.9 Å². The van der Waals surface area contributed by atoms with Crippen LogP contribution in [0.2, 0.25) is 19.1 Å². The predicted molar refractivity (Wildman–Crippen MR) is 125 cm³/mol. The van der Waals surface area contributed by atoms with Crippen molar-refractivity contribution in [3.05, 3.63) is 53.4 Å². The largest absolute Gasteiger partial charge is 0.494 e. The summed E-state index contributed by atoms with van der Waals surface area (Å²) in [5, 5.41) is 4.19. The Morgan fingerprint density at radius 2 is 1.94 bits per heavy atom. The van der Waals surface area contributed by atoms with Gasteiger partial charge < -0.3 is 23.9 Å². The number of amides is 1. The van der Waals surface area contributed by atoms with Gasteiger partial charge in [0.2, 0.25) is 5.88 Å². The summed E-state index contributed by atoms with van der Waals surface area (Å²) in [6.07, 6.45) is 3.92. The van der Waals surface area contributed by atoms with Crippen molar-refractivity contribution in [3.63, 3.8) is 0 Å². The molecule has 1 aliphatic heterocycles. The summed E-state index contributed by atoms with van der Waals surface area (Å²) in [7, 11) is 1.52. The second kappa shape index (κ2) is 8.70. The number of nitrogens with one attached hydrogen (secondary N) is 1. The number of fused-ring (bicyclic) bond motifs is 1. The van der Waals surface area contributed by atoms with Crippen LogP contribution in [0, 0.1) is 6.92 Å². The van der Waals surface area contributed by atoms with Gasteiger partial charge in [0.25, 0.3) is 11.9 Å². The Morgan fingerprint density at radius 3 is 2.69 bits per heavy atom. The van der Waals surface area contributed by atoms with Crippen molar-refractivity contribution in [2.75, 3.05) is 19.5 Å². The highest BCUT2D eigenvalue weighted by Gasteiger charge is 2.30. The number of rotatable bonds is 6. The van der Waals surface area contributed by atoms with Gasteiger partial charge in [-0.05, 0) is 36.6 Å². The summed E-state index contributed by atoms with van der Waals surface area (Å²) in [4.78, 5) is 16.9. The van der Waals surface area contributed by atoms with Crippen LogP contribution < -0.4 is 24.7 Å². The van der Waals surface area contributed by atoms with Gasteiger partial charge in [0.05, 0.1) is 22.3 Å². The Balaban J connectivity index is 1.55. The number of benzene rings is 1. The first kappa shape index (κ1) is 21.9. The summed E-state index contributed by atoms with van der Waals surface area (Å²) in [6, 6.07) is 10.5. The van der Waals surface area contributed by atoms with Crippen LogP contribution in [0.15, 0.2) is 40.9 Å². The number of hydrogen-bond acceptors (Lipinski definition) is 6. The lowest BCUT2D eigenvalue weighted by atomic mass is 10.1. The minimum absolute atomic E-state index is 0.110. The molecular formula is C24H28N2O5Si. The van der Waals surface area contributed by atoms with Crippen molar-refractivity contribution in [3.8, 4) is 23.3 Å². The number of anilines is 1. The average molecular weight is 453 g/mol. The molecule has 168 valence electrons. The second-order valence-corrected chi connectivity index (χ2v) is 13.4. The summed E-state index contributed by atoms with van der Waals surface area (Å²) < 4.78 is 22.3. The molecule has 1 amide bonds. The zero-order valence-corrected chi connectivity index (χ0v) is 20.1. The van der Waals surface area contributed by atoms with Gasteiger partial charge in [-0.2, -0.15) is 0 Å². The lowest BCUT2D eigenvalue weighted by molar-refractivity contribution is 0.0991. The molecule has 0 spiro atoms. The van der Waals surface area contributed by atoms with Gasteiger partial charge >= 0.3 is 0 Å². The zero-order chi connectivity index (χ0) is 22.9. The van der Waals surface area contributed by atoms with E-state index >= 15 is 0 Å². The fraction of sp³-hybridized carbons (Fsp3) is 0.333. The first-order valence-corrected chi connectivity index (χ1v) is 13.8. The molecule has 0 unspecified atom stereocenters. The molecule has 4 rings (SSSR count). The van der Waals surface area contributed by atoms with Gasteiger partial charge in [0.15, 0.2) is 5.76 Å². The lowest BCUT2D eigenvalue weighted by Crippen LogP contribution is -2.46. The normalized spacial score (nSPS) is 14.4. The monoisotopic (exact) mass is 452 g/mol. The predicted octanol–water partition coefficient (Wildman–Crippen LogP) is 4.91. The third-order valence-electron chi connectivity index (χ3n) is 5.92. The van der Waals surface area contributed by atoms with Crippen molar-refractivity contribution < 1.29 is 23.4 Å². The maximum absolute atomic E-state index is 12.8. The van der Waals surface area contributed by atoms with E-state index < -0.39 is 14.0 Å². The Labute approximate surface area is 188 Å². The number of carbonyl (C=O) groups is 1. The summed E-state index contributed by atoms with van der Waals surface area (Å²) in [5.41, 5.74) is 2.83. The lowest BCUT2D eigenvalue weighted by Gasteiger charge is -2.31. The Bertz CT molecular complexity index is 1130. The minimum Gasteiger partial charge on any atom is -0.494 e. The highest BCUT2D eigenvalue weighted by molar-refractivity contribution is 6.90. The van der Waals surface area contributed by atoms with Gasteiger partial charge in [0.1, 0.15) is 17.2 Å². The van der Waals surface area contributed by atoms with Crippen molar-refractivity contribution >= 4 is 24.9 Å². The molecule has 0 bridgehead atoms. The third-order valence-corrected chi connectivity index (χ3v) is 9.45. The maximum atomic E-state index is 12.8. The van der Waals surface area contributed by atoms with Gasteiger partial charge in [-0.3, -0.25) is 4.79 Å². The van der Waals surface area contributed by atoms with Crippen LogP contribution >= 0.6 is 0 Å². The average Bonchev–Trinajstić information content (AvgIpc) is 3.23. The first-order valence-electron chi connectivity index (χ1n) is 10.6. The Morgan fingerprint density at radius 1 is 1.12 bits per heavy atom. The van der Waals surface area contributed by atoms with E-state index in [1.807, 2.05) is 6.92 Å². The van der Waals surface area contributed by atoms with Gasteiger partial charge in [-0.15, -0.1) is 0 Å². The van der Waals surface area contributed by atoms with Crippen molar-refractivity contribution in [1.82, 2.24) is 4.98 Å². The molecule has 3 heterocycles. The molecule has 1 N–H and O–H groups in total. The van der Waals surface area contributed by atoms with E-state index in [1.165, 1.54) is 43.6 Å². The number of methoxy groups -OCH3 is 2. The molecule has 1 aliphatic rings. The maximum Gasteiger partial charge on any atom is 0.291 e. The summed E-state index contributed by atoms with van der Waals surface area (Å²) >= 11 is 0. The summed E-state index contributed by atoms with van der Waals surface area (Å²) in [5.74, 6) is 1.36. The van der Waals surface area contributed by atoms with Crippen LogP contribution in [0.25, 0.3) is 0 Å². The number of aromatic nitrogens is 1.